The summed E-state index contributed by atoms with van der Waals surface area (Å²) in [4.78, 5) is 4.24. The van der Waals surface area contributed by atoms with E-state index in [4.69, 9.17) is 9.68 Å². The molecule has 0 fully saturated rings. The van der Waals surface area contributed by atoms with Crippen LogP contribution in [0.3, 0.4) is 0 Å². The number of fused-ring (bicyclic) bond motifs is 3. The Labute approximate surface area is 85.6 Å². The van der Waals surface area contributed by atoms with Gasteiger partial charge in [-0.2, -0.15) is 5.26 Å². The van der Waals surface area contributed by atoms with Crippen molar-refractivity contribution in [1.82, 2.24) is 4.98 Å². The van der Waals surface area contributed by atoms with E-state index in [1.165, 1.54) is 0 Å². The molecule has 0 unspecified atom stereocenters. The van der Waals surface area contributed by atoms with Crippen molar-refractivity contribution in [1.29, 1.82) is 5.26 Å². The molecule has 2 aromatic heterocycles. The van der Waals surface area contributed by atoms with Crippen molar-refractivity contribution in [3.63, 3.8) is 0 Å². The molecule has 3 heteroatoms. The maximum Gasteiger partial charge on any atom is 0.154 e. The third-order valence-corrected chi connectivity index (χ3v) is 2.37. The van der Waals surface area contributed by atoms with Crippen LogP contribution < -0.4 is 0 Å². The van der Waals surface area contributed by atoms with Gasteiger partial charge < -0.3 is 4.42 Å². The second-order valence-electron chi connectivity index (χ2n) is 3.25. The highest BCUT2D eigenvalue weighted by atomic mass is 16.3. The Hall–Kier alpha value is -2.34. The Morgan fingerprint density at radius 1 is 1.20 bits per heavy atom. The number of rotatable bonds is 0. The van der Waals surface area contributed by atoms with Gasteiger partial charge in [0.25, 0.3) is 0 Å². The summed E-state index contributed by atoms with van der Waals surface area (Å²) in [5, 5.41) is 9.82. The van der Waals surface area contributed by atoms with Crippen molar-refractivity contribution in [3.8, 4) is 6.07 Å². The summed E-state index contributed by atoms with van der Waals surface area (Å²) in [6.07, 6.45) is 1.72. The van der Waals surface area contributed by atoms with Crippen LogP contribution in [0.4, 0.5) is 0 Å². The van der Waals surface area contributed by atoms with Gasteiger partial charge in [0.2, 0.25) is 0 Å². The molecule has 0 bridgehead atoms. The van der Waals surface area contributed by atoms with E-state index >= 15 is 0 Å². The summed E-state index contributed by atoms with van der Waals surface area (Å²) in [5.41, 5.74) is 2.69. The van der Waals surface area contributed by atoms with Gasteiger partial charge in [0.15, 0.2) is 11.2 Å². The van der Waals surface area contributed by atoms with E-state index in [0.717, 1.165) is 16.5 Å². The molecule has 0 atom stereocenters. The maximum atomic E-state index is 8.93. The second kappa shape index (κ2) is 2.82. The Bertz CT molecular complexity index is 691. The predicted octanol–water partition coefficient (Wildman–Crippen LogP) is 2.85. The standard InChI is InChI=1S/C12H6N2O/c13-7-8-3-1-4-9-11-10(15-12(8)9)5-2-6-14-11/h1-6H. The molecule has 0 amide bonds. The van der Waals surface area contributed by atoms with Gasteiger partial charge in [0, 0.05) is 11.6 Å². The molecular weight excluding hydrogens is 188 g/mol. The molecule has 70 valence electrons. The summed E-state index contributed by atoms with van der Waals surface area (Å²) < 4.78 is 5.59. The lowest BCUT2D eigenvalue weighted by atomic mass is 10.1. The summed E-state index contributed by atoms with van der Waals surface area (Å²) in [6, 6.07) is 11.3. The first kappa shape index (κ1) is 8.01. The summed E-state index contributed by atoms with van der Waals surface area (Å²) >= 11 is 0. The summed E-state index contributed by atoms with van der Waals surface area (Å²) in [5.74, 6) is 0. The largest absolute Gasteiger partial charge is 0.453 e. The quantitative estimate of drug-likeness (QED) is 0.552. The number of furan rings is 1. The molecule has 0 spiro atoms. The Balaban J connectivity index is 2.61. The van der Waals surface area contributed by atoms with Gasteiger partial charge >= 0.3 is 0 Å². The third-order valence-electron chi connectivity index (χ3n) is 2.37. The number of nitrogens with zero attached hydrogens (tertiary/aromatic N) is 2. The number of benzene rings is 1. The van der Waals surface area contributed by atoms with E-state index in [9.17, 15) is 0 Å². The van der Waals surface area contributed by atoms with E-state index in [1.54, 1.807) is 12.3 Å². The maximum absolute atomic E-state index is 8.93. The average Bonchev–Trinajstić information content (AvgIpc) is 2.67. The average molecular weight is 194 g/mol. The SMILES string of the molecule is N#Cc1cccc2c1oc1cccnc12. The molecule has 3 nitrogen and oxygen atoms in total. The number of aromatic nitrogens is 1. The summed E-state index contributed by atoms with van der Waals surface area (Å²) in [6.45, 7) is 0. The number of hydrogen-bond acceptors (Lipinski definition) is 3. The van der Waals surface area contributed by atoms with Crippen LogP contribution in [0.25, 0.3) is 22.1 Å². The van der Waals surface area contributed by atoms with Crippen LogP contribution in [-0.2, 0) is 0 Å². The topological polar surface area (TPSA) is 49.8 Å². The monoisotopic (exact) mass is 194 g/mol. The Kier molecular flexibility index (Phi) is 1.51. The molecule has 0 N–H and O–H groups in total. The van der Waals surface area contributed by atoms with Crippen molar-refractivity contribution >= 4 is 22.1 Å². The molecule has 0 saturated carbocycles. The Morgan fingerprint density at radius 2 is 2.13 bits per heavy atom. The molecule has 0 aliphatic rings. The number of pyridine rings is 1. The normalized spacial score (nSPS) is 10.6. The minimum Gasteiger partial charge on any atom is -0.453 e. The Morgan fingerprint density at radius 3 is 3.00 bits per heavy atom. The zero-order valence-electron chi connectivity index (χ0n) is 7.77. The van der Waals surface area contributed by atoms with Crippen molar-refractivity contribution in [3.05, 3.63) is 42.1 Å². The number of hydrogen-bond donors (Lipinski definition) is 0. The van der Waals surface area contributed by atoms with Crippen LogP contribution in [-0.4, -0.2) is 4.98 Å². The molecule has 0 saturated heterocycles. The molecule has 3 aromatic rings. The third kappa shape index (κ3) is 1.02. The second-order valence-corrected chi connectivity index (χ2v) is 3.25. The van der Waals surface area contributed by atoms with E-state index < -0.39 is 0 Å². The van der Waals surface area contributed by atoms with Crippen LogP contribution in [0.1, 0.15) is 5.56 Å². The van der Waals surface area contributed by atoms with E-state index in [0.29, 0.717) is 11.1 Å². The molecule has 0 radical (unpaired) electrons. The van der Waals surface area contributed by atoms with Gasteiger partial charge in [-0.25, -0.2) is 0 Å². The van der Waals surface area contributed by atoms with E-state index in [2.05, 4.69) is 11.1 Å². The van der Waals surface area contributed by atoms with Gasteiger partial charge in [0.1, 0.15) is 11.6 Å². The molecule has 2 heterocycles. The van der Waals surface area contributed by atoms with Crippen molar-refractivity contribution in [2.24, 2.45) is 0 Å². The van der Waals surface area contributed by atoms with Gasteiger partial charge in [-0.1, -0.05) is 6.07 Å². The lowest BCUT2D eigenvalue weighted by Crippen LogP contribution is -1.74. The number of nitriles is 1. The zero-order valence-corrected chi connectivity index (χ0v) is 7.77. The van der Waals surface area contributed by atoms with Gasteiger partial charge in [0.05, 0.1) is 5.56 Å². The van der Waals surface area contributed by atoms with Gasteiger partial charge in [-0.3, -0.25) is 4.98 Å². The zero-order chi connectivity index (χ0) is 10.3. The molecule has 15 heavy (non-hydrogen) atoms. The van der Waals surface area contributed by atoms with Crippen molar-refractivity contribution < 1.29 is 4.42 Å². The van der Waals surface area contributed by atoms with Crippen LogP contribution in [0, 0.1) is 11.3 Å². The fraction of sp³-hybridized carbons (Fsp3) is 0. The minimum absolute atomic E-state index is 0.547. The predicted molar refractivity (Wildman–Crippen MR) is 56.2 cm³/mol. The smallest absolute Gasteiger partial charge is 0.154 e. The fourth-order valence-corrected chi connectivity index (χ4v) is 1.71. The van der Waals surface area contributed by atoms with E-state index in [1.807, 2.05) is 24.3 Å². The lowest BCUT2D eigenvalue weighted by molar-refractivity contribution is 0.667. The van der Waals surface area contributed by atoms with Crippen molar-refractivity contribution in [2.45, 2.75) is 0 Å². The highest BCUT2D eigenvalue weighted by Crippen LogP contribution is 2.28. The van der Waals surface area contributed by atoms with Crippen LogP contribution in [0.15, 0.2) is 40.9 Å². The van der Waals surface area contributed by atoms with Crippen LogP contribution in [0.5, 0.6) is 0 Å². The molecular formula is C12H6N2O. The number of para-hydroxylation sites is 1. The van der Waals surface area contributed by atoms with Crippen molar-refractivity contribution in [2.75, 3.05) is 0 Å². The van der Waals surface area contributed by atoms with Crippen LogP contribution in [0.2, 0.25) is 0 Å². The van der Waals surface area contributed by atoms with Gasteiger partial charge in [-0.15, -0.1) is 0 Å². The molecule has 3 rings (SSSR count). The molecule has 0 aliphatic heterocycles. The highest BCUT2D eigenvalue weighted by molar-refractivity contribution is 6.03. The fourth-order valence-electron chi connectivity index (χ4n) is 1.71. The first-order valence-corrected chi connectivity index (χ1v) is 4.56. The first-order chi connectivity index (χ1) is 7.40. The van der Waals surface area contributed by atoms with E-state index in [-0.39, 0.29) is 0 Å². The molecule has 0 aliphatic carbocycles. The lowest BCUT2D eigenvalue weighted by Gasteiger charge is -1.88. The highest BCUT2D eigenvalue weighted by Gasteiger charge is 2.09. The summed E-state index contributed by atoms with van der Waals surface area (Å²) in [7, 11) is 0. The van der Waals surface area contributed by atoms with Gasteiger partial charge in [-0.05, 0) is 24.3 Å². The van der Waals surface area contributed by atoms with Crippen LogP contribution >= 0.6 is 0 Å². The molecule has 1 aromatic carbocycles. The first-order valence-electron chi connectivity index (χ1n) is 4.56. The minimum atomic E-state index is 0.547.